The molecule has 1 atom stereocenters. The lowest BCUT2D eigenvalue weighted by atomic mass is 10.1. The van der Waals surface area contributed by atoms with E-state index in [4.69, 9.17) is 23.2 Å². The number of carbonyl (C=O) groups excluding carboxylic acids is 2. The summed E-state index contributed by atoms with van der Waals surface area (Å²) in [5, 5.41) is 3.58. The molecule has 36 heavy (non-hydrogen) atoms. The Balaban J connectivity index is 2.52. The maximum atomic E-state index is 13.7. The smallest absolute Gasteiger partial charge is 0.304 e. The number of amides is 2. The summed E-state index contributed by atoms with van der Waals surface area (Å²) in [5.74, 6) is -0.893. The SMILES string of the molecule is CCCNC(=O)[C@@H](C)N(Cc1ccc(Cl)cc1Cl)C(=O)CN(c1cc(C)ccc1C)S(=O)(=O)N(C)C. The lowest BCUT2D eigenvalue weighted by Gasteiger charge is -2.33. The Morgan fingerprint density at radius 3 is 2.31 bits per heavy atom. The molecule has 0 aromatic heterocycles. The molecule has 0 fully saturated rings. The van der Waals surface area contributed by atoms with Gasteiger partial charge in [-0.25, -0.2) is 4.31 Å². The molecule has 0 unspecified atom stereocenters. The Morgan fingerprint density at radius 2 is 1.72 bits per heavy atom. The number of hydrogen-bond acceptors (Lipinski definition) is 4. The highest BCUT2D eigenvalue weighted by Gasteiger charge is 2.33. The van der Waals surface area contributed by atoms with Crippen molar-refractivity contribution in [3.05, 3.63) is 63.1 Å². The summed E-state index contributed by atoms with van der Waals surface area (Å²) in [6, 6.07) is 9.41. The Morgan fingerprint density at radius 1 is 1.06 bits per heavy atom. The number of hydrogen-bond donors (Lipinski definition) is 1. The number of anilines is 1. The van der Waals surface area contributed by atoms with E-state index >= 15 is 0 Å². The molecule has 0 aliphatic heterocycles. The summed E-state index contributed by atoms with van der Waals surface area (Å²) in [4.78, 5) is 27.9. The van der Waals surface area contributed by atoms with Gasteiger partial charge in [-0.15, -0.1) is 0 Å². The fraction of sp³-hybridized carbons (Fsp3) is 0.440. The number of halogens is 2. The van der Waals surface area contributed by atoms with Gasteiger partial charge in [0.1, 0.15) is 12.6 Å². The van der Waals surface area contributed by atoms with Crippen LogP contribution in [0.2, 0.25) is 10.0 Å². The highest BCUT2D eigenvalue weighted by atomic mass is 35.5. The maximum absolute atomic E-state index is 13.7. The Labute approximate surface area is 224 Å². The average Bonchev–Trinajstić information content (AvgIpc) is 2.81. The van der Waals surface area contributed by atoms with E-state index in [9.17, 15) is 18.0 Å². The number of nitrogens with one attached hydrogen (secondary N) is 1. The van der Waals surface area contributed by atoms with Gasteiger partial charge in [0.2, 0.25) is 11.8 Å². The second-order valence-corrected chi connectivity index (χ2v) is 11.7. The normalized spacial score (nSPS) is 12.4. The third-order valence-corrected chi connectivity index (χ3v) is 8.12. The lowest BCUT2D eigenvalue weighted by molar-refractivity contribution is -0.139. The zero-order valence-electron chi connectivity index (χ0n) is 21.5. The summed E-state index contributed by atoms with van der Waals surface area (Å²) in [7, 11) is -1.22. The molecule has 198 valence electrons. The molecule has 8 nitrogen and oxygen atoms in total. The first kappa shape index (κ1) is 29.9. The molecular formula is C25H34Cl2N4O4S. The van der Waals surface area contributed by atoms with Crippen molar-refractivity contribution in [2.45, 2.75) is 46.7 Å². The second kappa shape index (κ2) is 12.8. The van der Waals surface area contributed by atoms with E-state index in [0.717, 1.165) is 20.6 Å². The van der Waals surface area contributed by atoms with Gasteiger partial charge in [0, 0.05) is 37.2 Å². The zero-order chi connectivity index (χ0) is 27.2. The molecule has 2 rings (SSSR count). The van der Waals surface area contributed by atoms with Gasteiger partial charge in [0.05, 0.1) is 5.69 Å². The number of nitrogens with zero attached hydrogens (tertiary/aromatic N) is 3. The van der Waals surface area contributed by atoms with Crippen LogP contribution in [0.25, 0.3) is 0 Å². The molecule has 2 amide bonds. The topological polar surface area (TPSA) is 90.0 Å². The first-order valence-corrected chi connectivity index (χ1v) is 13.7. The lowest BCUT2D eigenvalue weighted by Crippen LogP contribution is -2.52. The van der Waals surface area contributed by atoms with Gasteiger partial charge in [-0.05, 0) is 62.1 Å². The molecule has 2 aromatic carbocycles. The second-order valence-electron chi connectivity index (χ2n) is 8.81. The van der Waals surface area contributed by atoms with Crippen molar-refractivity contribution in [3.8, 4) is 0 Å². The molecule has 0 saturated heterocycles. The van der Waals surface area contributed by atoms with Crippen LogP contribution in [0.15, 0.2) is 36.4 Å². The van der Waals surface area contributed by atoms with Crippen LogP contribution in [0.5, 0.6) is 0 Å². The largest absolute Gasteiger partial charge is 0.354 e. The molecule has 2 aromatic rings. The van der Waals surface area contributed by atoms with Gasteiger partial charge in [0.15, 0.2) is 0 Å². The van der Waals surface area contributed by atoms with Crippen molar-refractivity contribution >= 4 is 50.9 Å². The Bertz CT molecular complexity index is 1200. The molecular weight excluding hydrogens is 523 g/mol. The van der Waals surface area contributed by atoms with E-state index < -0.39 is 28.7 Å². The highest BCUT2D eigenvalue weighted by Crippen LogP contribution is 2.27. The van der Waals surface area contributed by atoms with Crippen molar-refractivity contribution in [2.75, 3.05) is 31.5 Å². The van der Waals surface area contributed by atoms with E-state index in [1.807, 2.05) is 19.9 Å². The third-order valence-electron chi connectivity index (χ3n) is 5.72. The summed E-state index contributed by atoms with van der Waals surface area (Å²) in [6.45, 7) is 7.12. The molecule has 0 heterocycles. The standard InChI is InChI=1S/C25H34Cl2N4O4S/c1-7-12-28-25(33)19(4)30(15-20-10-11-21(26)14-22(20)27)24(32)16-31(36(34,35)29(5)6)23-13-17(2)8-9-18(23)3/h8-11,13-14,19H,7,12,15-16H2,1-6H3,(H,28,33)/t19-/m1/s1. The minimum Gasteiger partial charge on any atom is -0.354 e. The number of benzene rings is 2. The molecule has 0 bridgehead atoms. The van der Waals surface area contributed by atoms with Crippen molar-refractivity contribution in [1.29, 1.82) is 0 Å². The van der Waals surface area contributed by atoms with Gasteiger partial charge in [-0.1, -0.05) is 48.3 Å². The molecule has 0 radical (unpaired) electrons. The third kappa shape index (κ3) is 7.35. The van der Waals surface area contributed by atoms with Gasteiger partial charge < -0.3 is 10.2 Å². The predicted molar refractivity (Wildman–Crippen MR) is 146 cm³/mol. The fourth-order valence-electron chi connectivity index (χ4n) is 3.50. The van der Waals surface area contributed by atoms with Crippen molar-refractivity contribution in [2.24, 2.45) is 0 Å². The number of carbonyl (C=O) groups is 2. The van der Waals surface area contributed by atoms with Crippen LogP contribution in [0, 0.1) is 13.8 Å². The first-order chi connectivity index (χ1) is 16.8. The van der Waals surface area contributed by atoms with Crippen LogP contribution in [-0.4, -0.2) is 62.7 Å². The molecule has 0 aliphatic rings. The van der Waals surface area contributed by atoms with Crippen LogP contribution in [0.4, 0.5) is 5.69 Å². The minimum atomic E-state index is -4.03. The summed E-state index contributed by atoms with van der Waals surface area (Å²) < 4.78 is 28.8. The number of aryl methyl sites for hydroxylation is 2. The van der Waals surface area contributed by atoms with E-state index in [1.165, 1.54) is 19.0 Å². The minimum absolute atomic E-state index is 0.00179. The van der Waals surface area contributed by atoms with Crippen LogP contribution in [0.1, 0.15) is 37.0 Å². The van der Waals surface area contributed by atoms with Crippen LogP contribution in [-0.2, 0) is 26.3 Å². The van der Waals surface area contributed by atoms with Crippen LogP contribution >= 0.6 is 23.2 Å². The highest BCUT2D eigenvalue weighted by molar-refractivity contribution is 7.90. The zero-order valence-corrected chi connectivity index (χ0v) is 23.8. The molecule has 11 heteroatoms. The maximum Gasteiger partial charge on any atom is 0.304 e. The monoisotopic (exact) mass is 556 g/mol. The Hall–Kier alpha value is -2.33. The van der Waals surface area contributed by atoms with Gasteiger partial charge in [0.25, 0.3) is 0 Å². The summed E-state index contributed by atoms with van der Waals surface area (Å²) >= 11 is 12.4. The van der Waals surface area contributed by atoms with E-state index in [2.05, 4.69) is 5.32 Å². The molecule has 0 spiro atoms. The first-order valence-electron chi connectivity index (χ1n) is 11.6. The van der Waals surface area contributed by atoms with Crippen LogP contribution in [0.3, 0.4) is 0 Å². The Kier molecular flexibility index (Phi) is 10.6. The summed E-state index contributed by atoms with van der Waals surface area (Å²) in [5.41, 5.74) is 2.52. The van der Waals surface area contributed by atoms with Gasteiger partial charge in [-0.3, -0.25) is 9.59 Å². The van der Waals surface area contributed by atoms with Crippen molar-refractivity contribution < 1.29 is 18.0 Å². The fourth-order valence-corrected chi connectivity index (χ4v) is 5.08. The predicted octanol–water partition coefficient (Wildman–Crippen LogP) is 4.17. The molecule has 0 aliphatic carbocycles. The van der Waals surface area contributed by atoms with Crippen molar-refractivity contribution in [1.82, 2.24) is 14.5 Å². The quantitative estimate of drug-likeness (QED) is 0.449. The molecule has 0 saturated carbocycles. The number of rotatable bonds is 11. The van der Waals surface area contributed by atoms with E-state index in [1.54, 1.807) is 44.2 Å². The van der Waals surface area contributed by atoms with E-state index in [-0.39, 0.29) is 12.5 Å². The summed E-state index contributed by atoms with van der Waals surface area (Å²) in [6.07, 6.45) is 0.733. The van der Waals surface area contributed by atoms with Gasteiger partial charge in [-0.2, -0.15) is 12.7 Å². The van der Waals surface area contributed by atoms with Crippen molar-refractivity contribution in [3.63, 3.8) is 0 Å². The van der Waals surface area contributed by atoms with Crippen LogP contribution < -0.4 is 9.62 Å². The van der Waals surface area contributed by atoms with Gasteiger partial charge >= 0.3 is 10.2 Å². The van der Waals surface area contributed by atoms with E-state index in [0.29, 0.717) is 33.4 Å². The molecule has 1 N–H and O–H groups in total. The average molecular weight is 558 g/mol.